The molecule has 1 atom stereocenters. The average molecular weight is 304 g/mol. The standard InChI is InChI=1S/C16H20N2O4/c1-2-3-4-14(19)17-12-5-7-13(8-6-12)18-10-11(16(21)22)9-15(18)20/h5-8,11H,2-4,9-10H2,1H3,(H,17,19)(H,21,22). The van der Waals surface area contributed by atoms with Crippen LogP contribution in [0.15, 0.2) is 24.3 Å². The van der Waals surface area contributed by atoms with Crippen LogP contribution in [-0.2, 0) is 14.4 Å². The van der Waals surface area contributed by atoms with E-state index in [2.05, 4.69) is 5.32 Å². The minimum absolute atomic E-state index is 0.0298. The molecule has 0 aliphatic carbocycles. The SMILES string of the molecule is CCCCC(=O)Nc1ccc(N2CC(C(=O)O)CC2=O)cc1. The van der Waals surface area contributed by atoms with Gasteiger partial charge in [0.2, 0.25) is 11.8 Å². The van der Waals surface area contributed by atoms with E-state index in [4.69, 9.17) is 5.11 Å². The Bertz CT molecular complexity index is 568. The molecular weight excluding hydrogens is 284 g/mol. The molecule has 1 fully saturated rings. The molecule has 1 heterocycles. The van der Waals surface area contributed by atoms with Crippen LogP contribution in [0.3, 0.4) is 0 Å². The summed E-state index contributed by atoms with van der Waals surface area (Å²) in [7, 11) is 0. The number of aliphatic carboxylic acids is 1. The number of nitrogens with one attached hydrogen (secondary N) is 1. The first-order valence-electron chi connectivity index (χ1n) is 7.44. The van der Waals surface area contributed by atoms with E-state index in [1.807, 2.05) is 6.92 Å². The topological polar surface area (TPSA) is 86.7 Å². The molecule has 1 aliphatic heterocycles. The highest BCUT2D eigenvalue weighted by molar-refractivity contribution is 5.99. The first-order chi connectivity index (χ1) is 10.5. The molecule has 118 valence electrons. The Labute approximate surface area is 129 Å². The first kappa shape index (κ1) is 16.0. The maximum absolute atomic E-state index is 11.9. The molecular formula is C16H20N2O4. The van der Waals surface area contributed by atoms with Crippen LogP contribution in [0.5, 0.6) is 0 Å². The van der Waals surface area contributed by atoms with Crippen molar-refractivity contribution in [2.24, 2.45) is 5.92 Å². The summed E-state index contributed by atoms with van der Waals surface area (Å²) in [6.07, 6.45) is 2.34. The van der Waals surface area contributed by atoms with Crippen LogP contribution >= 0.6 is 0 Å². The van der Waals surface area contributed by atoms with Crippen LogP contribution in [-0.4, -0.2) is 29.4 Å². The Morgan fingerprint density at radius 3 is 2.55 bits per heavy atom. The van der Waals surface area contributed by atoms with E-state index >= 15 is 0 Å². The van der Waals surface area contributed by atoms with Gasteiger partial charge >= 0.3 is 5.97 Å². The number of carboxylic acids is 1. The zero-order valence-corrected chi connectivity index (χ0v) is 12.5. The lowest BCUT2D eigenvalue weighted by molar-refractivity contribution is -0.141. The molecule has 0 saturated carbocycles. The lowest BCUT2D eigenvalue weighted by Gasteiger charge is -2.16. The lowest BCUT2D eigenvalue weighted by atomic mass is 10.1. The van der Waals surface area contributed by atoms with Crippen molar-refractivity contribution in [3.05, 3.63) is 24.3 Å². The van der Waals surface area contributed by atoms with E-state index in [1.165, 1.54) is 4.90 Å². The van der Waals surface area contributed by atoms with Gasteiger partial charge in [0.05, 0.1) is 5.92 Å². The molecule has 2 N–H and O–H groups in total. The fraction of sp³-hybridized carbons (Fsp3) is 0.438. The highest BCUT2D eigenvalue weighted by atomic mass is 16.4. The number of amides is 2. The number of anilines is 2. The summed E-state index contributed by atoms with van der Waals surface area (Å²) in [4.78, 5) is 35.9. The van der Waals surface area contributed by atoms with Gasteiger partial charge in [-0.05, 0) is 30.7 Å². The number of rotatable bonds is 6. The monoisotopic (exact) mass is 304 g/mol. The van der Waals surface area contributed by atoms with Crippen molar-refractivity contribution in [1.82, 2.24) is 0 Å². The predicted octanol–water partition coefficient (Wildman–Crippen LogP) is 2.25. The van der Waals surface area contributed by atoms with Crippen LogP contribution in [0.2, 0.25) is 0 Å². The van der Waals surface area contributed by atoms with Gasteiger partial charge in [0.15, 0.2) is 0 Å². The van der Waals surface area contributed by atoms with Crippen LogP contribution in [0.25, 0.3) is 0 Å². The van der Waals surface area contributed by atoms with Crippen molar-refractivity contribution in [1.29, 1.82) is 0 Å². The Kier molecular flexibility index (Phi) is 5.14. The molecule has 1 aromatic carbocycles. The summed E-state index contributed by atoms with van der Waals surface area (Å²) in [5, 5.41) is 11.8. The molecule has 0 aromatic heterocycles. The number of benzene rings is 1. The second kappa shape index (κ2) is 7.06. The van der Waals surface area contributed by atoms with E-state index in [-0.39, 0.29) is 24.8 Å². The van der Waals surface area contributed by atoms with Gasteiger partial charge in [-0.25, -0.2) is 0 Å². The smallest absolute Gasteiger partial charge is 0.308 e. The van der Waals surface area contributed by atoms with Gasteiger partial charge in [-0.15, -0.1) is 0 Å². The van der Waals surface area contributed by atoms with Crippen LogP contribution in [0.1, 0.15) is 32.6 Å². The molecule has 1 aliphatic rings. The zero-order chi connectivity index (χ0) is 16.1. The summed E-state index contributed by atoms with van der Waals surface area (Å²) < 4.78 is 0. The molecule has 0 radical (unpaired) electrons. The van der Waals surface area contributed by atoms with E-state index in [0.29, 0.717) is 17.8 Å². The minimum Gasteiger partial charge on any atom is -0.481 e. The molecule has 1 unspecified atom stereocenters. The summed E-state index contributed by atoms with van der Waals surface area (Å²) in [5.74, 6) is -1.82. The van der Waals surface area contributed by atoms with E-state index in [0.717, 1.165) is 12.8 Å². The van der Waals surface area contributed by atoms with Crippen molar-refractivity contribution < 1.29 is 19.5 Å². The maximum Gasteiger partial charge on any atom is 0.308 e. The maximum atomic E-state index is 11.9. The summed E-state index contributed by atoms with van der Waals surface area (Å²) in [5.41, 5.74) is 1.33. The van der Waals surface area contributed by atoms with Crippen molar-refractivity contribution in [2.45, 2.75) is 32.6 Å². The highest BCUT2D eigenvalue weighted by Gasteiger charge is 2.34. The number of hydrogen-bond acceptors (Lipinski definition) is 3. The Morgan fingerprint density at radius 2 is 2.00 bits per heavy atom. The van der Waals surface area contributed by atoms with Crippen LogP contribution in [0.4, 0.5) is 11.4 Å². The summed E-state index contributed by atoms with van der Waals surface area (Å²) in [6, 6.07) is 6.89. The molecule has 6 nitrogen and oxygen atoms in total. The van der Waals surface area contributed by atoms with Gasteiger partial charge in [-0.1, -0.05) is 13.3 Å². The van der Waals surface area contributed by atoms with Gasteiger partial charge in [0.1, 0.15) is 0 Å². The number of carboxylic acid groups (broad SMARTS) is 1. The first-order valence-corrected chi connectivity index (χ1v) is 7.44. The van der Waals surface area contributed by atoms with Crippen LogP contribution < -0.4 is 10.2 Å². The number of carbonyl (C=O) groups excluding carboxylic acids is 2. The number of unbranched alkanes of at least 4 members (excludes halogenated alkanes) is 1. The Balaban J connectivity index is 1.99. The Hall–Kier alpha value is -2.37. The third-order valence-electron chi connectivity index (χ3n) is 3.69. The quantitative estimate of drug-likeness (QED) is 0.844. The number of nitrogens with zero attached hydrogens (tertiary/aromatic N) is 1. The lowest BCUT2D eigenvalue weighted by Crippen LogP contribution is -2.25. The van der Waals surface area contributed by atoms with Gasteiger partial charge in [0, 0.05) is 30.8 Å². The molecule has 1 aromatic rings. The third-order valence-corrected chi connectivity index (χ3v) is 3.69. The predicted molar refractivity (Wildman–Crippen MR) is 82.7 cm³/mol. The van der Waals surface area contributed by atoms with E-state index < -0.39 is 11.9 Å². The molecule has 2 amide bonds. The largest absolute Gasteiger partial charge is 0.481 e. The minimum atomic E-state index is -0.948. The second-order valence-electron chi connectivity index (χ2n) is 5.44. The number of carbonyl (C=O) groups is 3. The summed E-state index contributed by atoms with van der Waals surface area (Å²) >= 11 is 0. The fourth-order valence-electron chi connectivity index (χ4n) is 2.41. The molecule has 0 spiro atoms. The van der Waals surface area contributed by atoms with Gasteiger partial charge in [-0.2, -0.15) is 0 Å². The normalized spacial score (nSPS) is 17.6. The average Bonchev–Trinajstić information content (AvgIpc) is 2.88. The Morgan fingerprint density at radius 1 is 1.32 bits per heavy atom. The van der Waals surface area contributed by atoms with Crippen molar-refractivity contribution in [3.63, 3.8) is 0 Å². The zero-order valence-electron chi connectivity index (χ0n) is 12.5. The van der Waals surface area contributed by atoms with Crippen molar-refractivity contribution >= 4 is 29.2 Å². The van der Waals surface area contributed by atoms with Gasteiger partial charge in [0.25, 0.3) is 0 Å². The van der Waals surface area contributed by atoms with Gasteiger partial charge < -0.3 is 15.3 Å². The molecule has 6 heteroatoms. The van der Waals surface area contributed by atoms with Crippen molar-refractivity contribution in [2.75, 3.05) is 16.8 Å². The fourth-order valence-corrected chi connectivity index (χ4v) is 2.41. The van der Waals surface area contributed by atoms with Crippen LogP contribution in [0, 0.1) is 5.92 Å². The third kappa shape index (κ3) is 3.84. The highest BCUT2D eigenvalue weighted by Crippen LogP contribution is 2.26. The second-order valence-corrected chi connectivity index (χ2v) is 5.44. The molecule has 1 saturated heterocycles. The molecule has 0 bridgehead atoms. The van der Waals surface area contributed by atoms with Crippen molar-refractivity contribution in [3.8, 4) is 0 Å². The molecule has 22 heavy (non-hydrogen) atoms. The summed E-state index contributed by atoms with van der Waals surface area (Å²) in [6.45, 7) is 2.22. The van der Waals surface area contributed by atoms with Gasteiger partial charge in [-0.3, -0.25) is 14.4 Å². The molecule has 2 rings (SSSR count). The van der Waals surface area contributed by atoms with E-state index in [9.17, 15) is 14.4 Å². The van der Waals surface area contributed by atoms with E-state index in [1.54, 1.807) is 24.3 Å². The number of hydrogen-bond donors (Lipinski definition) is 2.